The molecule has 1 aromatic rings. The molecule has 1 saturated carbocycles. The fourth-order valence-corrected chi connectivity index (χ4v) is 3.67. The van der Waals surface area contributed by atoms with E-state index in [9.17, 15) is 4.79 Å². The van der Waals surface area contributed by atoms with E-state index in [1.54, 1.807) is 0 Å². The number of hydrogen-bond donors (Lipinski definition) is 1. The predicted octanol–water partition coefficient (Wildman–Crippen LogP) is 2.94. The molecule has 1 amide bonds. The fourth-order valence-electron chi connectivity index (χ4n) is 3.40. The minimum Gasteiger partial charge on any atom is -0.345 e. The molecule has 2 aliphatic rings. The molecule has 1 saturated heterocycles. The van der Waals surface area contributed by atoms with Gasteiger partial charge in [0.1, 0.15) is 0 Å². The van der Waals surface area contributed by atoms with Gasteiger partial charge in [0.2, 0.25) is 5.91 Å². The molecule has 0 spiro atoms. The third-order valence-corrected chi connectivity index (χ3v) is 5.44. The SMILES string of the molecule is CN(CC1(c2ccc(Br)cc2)CC1)C(=O)C1CCNCC1. The van der Waals surface area contributed by atoms with Crippen molar-refractivity contribution in [2.45, 2.75) is 31.1 Å². The Hall–Kier alpha value is -0.870. The number of amides is 1. The molecule has 0 radical (unpaired) electrons. The van der Waals surface area contributed by atoms with E-state index < -0.39 is 0 Å². The van der Waals surface area contributed by atoms with E-state index >= 15 is 0 Å². The van der Waals surface area contributed by atoms with E-state index in [1.165, 1.54) is 18.4 Å². The lowest BCUT2D eigenvalue weighted by Crippen LogP contribution is -2.42. The molecule has 1 heterocycles. The van der Waals surface area contributed by atoms with Crippen LogP contribution in [0.3, 0.4) is 0 Å². The Labute approximate surface area is 135 Å². The van der Waals surface area contributed by atoms with Crippen LogP contribution < -0.4 is 5.32 Å². The van der Waals surface area contributed by atoms with Gasteiger partial charge in [-0.05, 0) is 56.5 Å². The molecule has 1 aromatic carbocycles. The first-order chi connectivity index (χ1) is 10.1. The van der Waals surface area contributed by atoms with Crippen molar-refractivity contribution in [1.29, 1.82) is 0 Å². The second-order valence-corrected chi connectivity index (χ2v) is 7.42. The lowest BCUT2D eigenvalue weighted by atomic mass is 9.93. The zero-order valence-electron chi connectivity index (χ0n) is 12.6. The van der Waals surface area contributed by atoms with Crippen molar-refractivity contribution >= 4 is 21.8 Å². The maximum atomic E-state index is 12.6. The topological polar surface area (TPSA) is 32.3 Å². The molecule has 21 heavy (non-hydrogen) atoms. The van der Waals surface area contributed by atoms with Gasteiger partial charge in [0.25, 0.3) is 0 Å². The third kappa shape index (κ3) is 3.32. The van der Waals surface area contributed by atoms with Crippen LogP contribution >= 0.6 is 15.9 Å². The molecule has 0 atom stereocenters. The molecule has 114 valence electrons. The van der Waals surface area contributed by atoms with Gasteiger partial charge in [-0.3, -0.25) is 4.79 Å². The first kappa shape index (κ1) is 15.0. The van der Waals surface area contributed by atoms with Crippen LogP contribution in [0.4, 0.5) is 0 Å². The number of carbonyl (C=O) groups excluding carboxylic acids is 1. The number of piperidine rings is 1. The van der Waals surface area contributed by atoms with Crippen LogP contribution in [-0.4, -0.2) is 37.5 Å². The van der Waals surface area contributed by atoms with E-state index in [0.29, 0.717) is 5.91 Å². The summed E-state index contributed by atoms with van der Waals surface area (Å²) in [6.07, 6.45) is 4.35. The first-order valence-electron chi connectivity index (χ1n) is 7.82. The normalized spacial score (nSPS) is 21.0. The van der Waals surface area contributed by atoms with E-state index in [4.69, 9.17) is 0 Å². The maximum absolute atomic E-state index is 12.6. The summed E-state index contributed by atoms with van der Waals surface area (Å²) in [6, 6.07) is 8.59. The van der Waals surface area contributed by atoms with Crippen molar-refractivity contribution in [2.75, 3.05) is 26.7 Å². The van der Waals surface area contributed by atoms with Crippen LogP contribution in [0.5, 0.6) is 0 Å². The Kier molecular flexibility index (Phi) is 4.36. The summed E-state index contributed by atoms with van der Waals surface area (Å²) in [7, 11) is 1.98. The molecule has 0 aromatic heterocycles. The van der Waals surface area contributed by atoms with Crippen LogP contribution in [0.1, 0.15) is 31.2 Å². The predicted molar refractivity (Wildman–Crippen MR) is 88.3 cm³/mol. The van der Waals surface area contributed by atoms with E-state index in [2.05, 4.69) is 45.5 Å². The molecule has 2 fully saturated rings. The van der Waals surface area contributed by atoms with Gasteiger partial charge in [-0.15, -0.1) is 0 Å². The zero-order valence-corrected chi connectivity index (χ0v) is 14.2. The maximum Gasteiger partial charge on any atom is 0.225 e. The summed E-state index contributed by atoms with van der Waals surface area (Å²) in [5.74, 6) is 0.553. The molecular weight excluding hydrogens is 328 g/mol. The van der Waals surface area contributed by atoms with E-state index in [0.717, 1.165) is 36.9 Å². The largest absolute Gasteiger partial charge is 0.345 e. The van der Waals surface area contributed by atoms with Gasteiger partial charge in [-0.25, -0.2) is 0 Å². The van der Waals surface area contributed by atoms with Crippen molar-refractivity contribution in [3.63, 3.8) is 0 Å². The number of carbonyl (C=O) groups is 1. The highest BCUT2D eigenvalue weighted by molar-refractivity contribution is 9.10. The van der Waals surface area contributed by atoms with Gasteiger partial charge in [-0.1, -0.05) is 28.1 Å². The number of hydrogen-bond acceptors (Lipinski definition) is 2. The van der Waals surface area contributed by atoms with Crippen LogP contribution in [-0.2, 0) is 10.2 Å². The van der Waals surface area contributed by atoms with Crippen LogP contribution in [0.15, 0.2) is 28.7 Å². The summed E-state index contributed by atoms with van der Waals surface area (Å²) in [5.41, 5.74) is 1.58. The number of benzene rings is 1. The lowest BCUT2D eigenvalue weighted by Gasteiger charge is -2.30. The molecular formula is C17H23BrN2O. The number of halogens is 1. The van der Waals surface area contributed by atoms with Gasteiger partial charge < -0.3 is 10.2 Å². The fraction of sp³-hybridized carbons (Fsp3) is 0.588. The van der Waals surface area contributed by atoms with Crippen LogP contribution in [0.25, 0.3) is 0 Å². The molecule has 1 aliphatic heterocycles. The third-order valence-electron chi connectivity index (χ3n) is 4.91. The van der Waals surface area contributed by atoms with Crippen molar-refractivity contribution in [1.82, 2.24) is 10.2 Å². The quantitative estimate of drug-likeness (QED) is 0.905. The number of rotatable bonds is 4. The standard InChI is InChI=1S/C17H23BrN2O/c1-20(16(21)13-6-10-19-11-7-13)12-17(8-9-17)14-2-4-15(18)5-3-14/h2-5,13,19H,6-12H2,1H3. The summed E-state index contributed by atoms with van der Waals surface area (Å²) in [6.45, 7) is 2.81. The molecule has 3 rings (SSSR count). The molecule has 0 bridgehead atoms. The molecule has 4 heteroatoms. The average Bonchev–Trinajstić information content (AvgIpc) is 3.28. The first-order valence-corrected chi connectivity index (χ1v) is 8.62. The summed E-state index contributed by atoms with van der Waals surface area (Å²) in [5, 5.41) is 3.33. The second kappa shape index (κ2) is 6.09. The van der Waals surface area contributed by atoms with Gasteiger partial charge >= 0.3 is 0 Å². The number of likely N-dealkylation sites (N-methyl/N-ethyl adjacent to an activating group) is 1. The molecule has 0 unspecified atom stereocenters. The smallest absolute Gasteiger partial charge is 0.225 e. The lowest BCUT2D eigenvalue weighted by molar-refractivity contribution is -0.135. The van der Waals surface area contributed by atoms with E-state index in [-0.39, 0.29) is 11.3 Å². The van der Waals surface area contributed by atoms with Crippen molar-refractivity contribution in [3.8, 4) is 0 Å². The average molecular weight is 351 g/mol. The Balaban J connectivity index is 1.65. The summed E-state index contributed by atoms with van der Waals surface area (Å²) >= 11 is 3.49. The molecule has 1 aliphatic carbocycles. The monoisotopic (exact) mass is 350 g/mol. The van der Waals surface area contributed by atoms with Crippen LogP contribution in [0, 0.1) is 5.92 Å². The Morgan fingerprint density at radius 1 is 1.29 bits per heavy atom. The number of nitrogens with zero attached hydrogens (tertiary/aromatic N) is 1. The second-order valence-electron chi connectivity index (χ2n) is 6.51. The Bertz CT molecular complexity index is 504. The van der Waals surface area contributed by atoms with Crippen molar-refractivity contribution in [2.24, 2.45) is 5.92 Å². The Morgan fingerprint density at radius 3 is 2.48 bits per heavy atom. The summed E-state index contributed by atoms with van der Waals surface area (Å²) in [4.78, 5) is 14.6. The zero-order chi connectivity index (χ0) is 14.9. The number of nitrogens with one attached hydrogen (secondary N) is 1. The summed E-state index contributed by atoms with van der Waals surface area (Å²) < 4.78 is 1.11. The highest BCUT2D eigenvalue weighted by Crippen LogP contribution is 2.48. The minimum atomic E-state index is 0.206. The Morgan fingerprint density at radius 2 is 1.90 bits per heavy atom. The van der Waals surface area contributed by atoms with Crippen molar-refractivity contribution in [3.05, 3.63) is 34.3 Å². The van der Waals surface area contributed by atoms with Gasteiger partial charge in [-0.2, -0.15) is 0 Å². The van der Waals surface area contributed by atoms with Crippen molar-refractivity contribution < 1.29 is 4.79 Å². The van der Waals surface area contributed by atoms with Gasteiger partial charge in [0, 0.05) is 29.4 Å². The van der Waals surface area contributed by atoms with E-state index in [1.807, 2.05) is 11.9 Å². The van der Waals surface area contributed by atoms with Gasteiger partial charge in [0.15, 0.2) is 0 Å². The molecule has 1 N–H and O–H groups in total. The minimum absolute atomic E-state index is 0.206. The molecule has 3 nitrogen and oxygen atoms in total. The highest BCUT2D eigenvalue weighted by atomic mass is 79.9. The highest BCUT2D eigenvalue weighted by Gasteiger charge is 2.46. The van der Waals surface area contributed by atoms with Crippen LogP contribution in [0.2, 0.25) is 0 Å². The van der Waals surface area contributed by atoms with Gasteiger partial charge in [0.05, 0.1) is 0 Å².